The number of nitrogens with one attached hydrogen (secondary N) is 1. The summed E-state index contributed by atoms with van der Waals surface area (Å²) in [6.07, 6.45) is 4.02. The van der Waals surface area contributed by atoms with Gasteiger partial charge in [-0.2, -0.15) is 0 Å². The van der Waals surface area contributed by atoms with Crippen molar-refractivity contribution in [2.45, 2.75) is 20.3 Å². The minimum absolute atomic E-state index is 0.143. The topological polar surface area (TPSA) is 62.2 Å². The van der Waals surface area contributed by atoms with Crippen molar-refractivity contribution in [3.63, 3.8) is 0 Å². The highest BCUT2D eigenvalue weighted by Crippen LogP contribution is 2.02. The smallest absolute Gasteiger partial charge is 0.252 e. The van der Waals surface area contributed by atoms with Crippen molar-refractivity contribution in [1.82, 2.24) is 10.3 Å². The van der Waals surface area contributed by atoms with Crippen LogP contribution in [0.3, 0.4) is 0 Å². The first kappa shape index (κ1) is 14.2. The van der Waals surface area contributed by atoms with Crippen LogP contribution in [0, 0.1) is 17.8 Å². The molecule has 1 aromatic rings. The zero-order valence-electron chi connectivity index (χ0n) is 10.7. The van der Waals surface area contributed by atoms with Crippen molar-refractivity contribution in [3.8, 4) is 11.8 Å². The number of nitrogens with zero attached hydrogens (tertiary/aromatic N) is 1. The van der Waals surface area contributed by atoms with Gasteiger partial charge in [0, 0.05) is 24.5 Å². The van der Waals surface area contributed by atoms with Gasteiger partial charge in [0.2, 0.25) is 0 Å². The summed E-state index contributed by atoms with van der Waals surface area (Å²) in [5, 5.41) is 11.4. The Labute approximate surface area is 107 Å². The Balaban J connectivity index is 2.62. The molecule has 1 heterocycles. The number of pyridine rings is 1. The zero-order valence-corrected chi connectivity index (χ0v) is 10.7. The van der Waals surface area contributed by atoms with Crippen LogP contribution in [0.15, 0.2) is 18.5 Å². The Hall–Kier alpha value is -1.86. The van der Waals surface area contributed by atoms with Crippen LogP contribution in [-0.2, 0) is 0 Å². The molecule has 0 radical (unpaired) electrons. The highest BCUT2D eigenvalue weighted by molar-refractivity contribution is 5.94. The maximum atomic E-state index is 11.8. The van der Waals surface area contributed by atoms with Crippen molar-refractivity contribution in [2.75, 3.05) is 13.2 Å². The fraction of sp³-hybridized carbons (Fsp3) is 0.429. The number of amides is 1. The van der Waals surface area contributed by atoms with Crippen LogP contribution in [-0.4, -0.2) is 29.1 Å². The molecular weight excluding hydrogens is 228 g/mol. The number of hydrogen-bond donors (Lipinski definition) is 2. The summed E-state index contributed by atoms with van der Waals surface area (Å²) in [5.74, 6) is 5.66. The molecule has 0 spiro atoms. The molecule has 0 fully saturated rings. The van der Waals surface area contributed by atoms with Gasteiger partial charge >= 0.3 is 0 Å². The summed E-state index contributed by atoms with van der Waals surface area (Å²) in [6.45, 7) is 4.67. The first-order chi connectivity index (χ1) is 8.63. The van der Waals surface area contributed by atoms with Gasteiger partial charge in [-0.05, 0) is 18.4 Å². The first-order valence-electron chi connectivity index (χ1n) is 5.96. The van der Waals surface area contributed by atoms with E-state index in [2.05, 4.69) is 36.0 Å². The molecule has 18 heavy (non-hydrogen) atoms. The quantitative estimate of drug-likeness (QED) is 0.785. The number of aliphatic hydroxyl groups is 1. The molecule has 0 bridgehead atoms. The molecule has 0 aromatic carbocycles. The van der Waals surface area contributed by atoms with Crippen molar-refractivity contribution in [2.24, 2.45) is 5.92 Å². The maximum Gasteiger partial charge on any atom is 0.252 e. The van der Waals surface area contributed by atoms with Gasteiger partial charge in [-0.25, -0.2) is 0 Å². The van der Waals surface area contributed by atoms with Gasteiger partial charge in [0.15, 0.2) is 0 Å². The minimum atomic E-state index is -0.204. The molecule has 0 aliphatic carbocycles. The second kappa shape index (κ2) is 7.46. The lowest BCUT2D eigenvalue weighted by molar-refractivity contribution is 0.0951. The van der Waals surface area contributed by atoms with Gasteiger partial charge in [0.05, 0.1) is 5.56 Å². The van der Waals surface area contributed by atoms with Crippen molar-refractivity contribution in [1.29, 1.82) is 0 Å². The highest BCUT2D eigenvalue weighted by Gasteiger charge is 2.06. The Morgan fingerprint density at radius 3 is 2.94 bits per heavy atom. The summed E-state index contributed by atoms with van der Waals surface area (Å²) in [5.41, 5.74) is 1.11. The summed E-state index contributed by atoms with van der Waals surface area (Å²) >= 11 is 0. The Kier molecular flexibility index (Phi) is 5.89. The number of rotatable bonds is 4. The first-order valence-corrected chi connectivity index (χ1v) is 5.96. The van der Waals surface area contributed by atoms with E-state index in [9.17, 15) is 4.79 Å². The molecule has 0 saturated carbocycles. The number of carbonyl (C=O) groups excluding carboxylic acids is 1. The molecular formula is C14H18N2O2. The van der Waals surface area contributed by atoms with E-state index < -0.39 is 0 Å². The molecule has 0 aliphatic heterocycles. The predicted molar refractivity (Wildman–Crippen MR) is 70.0 cm³/mol. The molecule has 0 atom stereocenters. The molecule has 4 nitrogen and oxygen atoms in total. The number of carbonyl (C=O) groups is 1. The molecule has 2 N–H and O–H groups in total. The fourth-order valence-corrected chi connectivity index (χ4v) is 1.35. The van der Waals surface area contributed by atoms with Crippen LogP contribution >= 0.6 is 0 Å². The lowest BCUT2D eigenvalue weighted by Gasteiger charge is -2.07. The lowest BCUT2D eigenvalue weighted by Crippen LogP contribution is -2.25. The summed E-state index contributed by atoms with van der Waals surface area (Å²) in [4.78, 5) is 15.8. The normalized spacial score (nSPS) is 9.78. The molecule has 1 rings (SSSR count). The van der Waals surface area contributed by atoms with Crippen molar-refractivity contribution in [3.05, 3.63) is 29.6 Å². The van der Waals surface area contributed by atoms with Crippen LogP contribution in [0.25, 0.3) is 0 Å². The van der Waals surface area contributed by atoms with E-state index in [-0.39, 0.29) is 12.5 Å². The Morgan fingerprint density at radius 1 is 1.50 bits per heavy atom. The van der Waals surface area contributed by atoms with E-state index in [1.807, 2.05) is 0 Å². The minimum Gasteiger partial charge on any atom is -0.384 e. The number of hydrogen-bond acceptors (Lipinski definition) is 3. The zero-order chi connectivity index (χ0) is 13.4. The Bertz CT molecular complexity index is 458. The highest BCUT2D eigenvalue weighted by atomic mass is 16.2. The van der Waals surface area contributed by atoms with Crippen LogP contribution in [0.4, 0.5) is 0 Å². The predicted octanol–water partition coefficient (Wildman–Crippen LogP) is 1.20. The van der Waals surface area contributed by atoms with E-state index in [1.54, 1.807) is 12.3 Å². The van der Waals surface area contributed by atoms with Gasteiger partial charge < -0.3 is 10.4 Å². The number of aromatic nitrogens is 1. The van der Waals surface area contributed by atoms with Crippen LogP contribution in [0.2, 0.25) is 0 Å². The lowest BCUT2D eigenvalue weighted by atomic mass is 10.1. The fourth-order valence-electron chi connectivity index (χ4n) is 1.35. The summed E-state index contributed by atoms with van der Waals surface area (Å²) < 4.78 is 0. The third-order valence-electron chi connectivity index (χ3n) is 2.32. The van der Waals surface area contributed by atoms with Gasteiger partial charge in [-0.15, -0.1) is 0 Å². The summed E-state index contributed by atoms with van der Waals surface area (Å²) in [7, 11) is 0. The van der Waals surface area contributed by atoms with Gasteiger partial charge in [-0.3, -0.25) is 9.78 Å². The van der Waals surface area contributed by atoms with E-state index in [0.29, 0.717) is 23.6 Å². The Morgan fingerprint density at radius 2 is 2.28 bits per heavy atom. The summed E-state index contributed by atoms with van der Waals surface area (Å²) in [6, 6.07) is 1.67. The van der Waals surface area contributed by atoms with Crippen molar-refractivity contribution < 1.29 is 9.90 Å². The van der Waals surface area contributed by atoms with Crippen LogP contribution in [0.5, 0.6) is 0 Å². The standard InChI is InChI=1S/C14H18N2O2/c1-11(2)5-6-16-14(18)13-8-12(4-3-7-17)9-15-10-13/h8-11,17H,5-7H2,1-2H3,(H,16,18). The molecule has 1 amide bonds. The van der Waals surface area contributed by atoms with Gasteiger partial charge in [0.25, 0.3) is 5.91 Å². The van der Waals surface area contributed by atoms with Gasteiger partial charge in [0.1, 0.15) is 6.61 Å². The molecule has 4 heteroatoms. The van der Waals surface area contributed by atoms with E-state index in [1.165, 1.54) is 6.20 Å². The molecule has 0 saturated heterocycles. The number of aliphatic hydroxyl groups excluding tert-OH is 1. The van der Waals surface area contributed by atoms with E-state index in [0.717, 1.165) is 6.42 Å². The largest absolute Gasteiger partial charge is 0.384 e. The second-order valence-corrected chi connectivity index (χ2v) is 4.36. The monoisotopic (exact) mass is 246 g/mol. The molecule has 96 valence electrons. The van der Waals surface area contributed by atoms with E-state index >= 15 is 0 Å². The van der Waals surface area contributed by atoms with Crippen LogP contribution in [0.1, 0.15) is 36.2 Å². The molecule has 0 unspecified atom stereocenters. The molecule has 1 aromatic heterocycles. The SMILES string of the molecule is CC(C)CCNC(=O)c1cncc(C#CCO)c1. The third kappa shape index (κ3) is 4.98. The average molecular weight is 246 g/mol. The third-order valence-corrected chi connectivity index (χ3v) is 2.32. The van der Waals surface area contributed by atoms with Crippen molar-refractivity contribution >= 4 is 5.91 Å². The van der Waals surface area contributed by atoms with Gasteiger partial charge in [-0.1, -0.05) is 25.7 Å². The maximum absolute atomic E-state index is 11.8. The van der Waals surface area contributed by atoms with Crippen LogP contribution < -0.4 is 5.32 Å². The second-order valence-electron chi connectivity index (χ2n) is 4.36. The van der Waals surface area contributed by atoms with E-state index in [4.69, 9.17) is 5.11 Å². The molecule has 0 aliphatic rings. The average Bonchev–Trinajstić information content (AvgIpc) is 2.36.